The molecule has 4 heteroatoms. The van der Waals surface area contributed by atoms with Gasteiger partial charge in [-0.1, -0.05) is 35.9 Å². The van der Waals surface area contributed by atoms with E-state index in [1.807, 2.05) is 32.0 Å². The average molecular weight is 311 g/mol. The molecule has 0 saturated heterocycles. The van der Waals surface area contributed by atoms with Crippen molar-refractivity contribution in [2.45, 2.75) is 20.8 Å². The second-order valence-electron chi connectivity index (χ2n) is 5.78. The van der Waals surface area contributed by atoms with Crippen molar-refractivity contribution >= 4 is 17.3 Å². The van der Waals surface area contributed by atoms with Gasteiger partial charge in [-0.2, -0.15) is 0 Å². The highest BCUT2D eigenvalue weighted by Gasteiger charge is 2.06. The van der Waals surface area contributed by atoms with Crippen molar-refractivity contribution in [3.8, 4) is 0 Å². The maximum absolute atomic E-state index is 12.0. The average Bonchev–Trinajstić information content (AvgIpc) is 2.52. The largest absolute Gasteiger partial charge is 0.384 e. The summed E-state index contributed by atoms with van der Waals surface area (Å²) in [5, 5.41) is 9.44. The van der Waals surface area contributed by atoms with Gasteiger partial charge in [0.2, 0.25) is 5.91 Å². The molecule has 0 fully saturated rings. The van der Waals surface area contributed by atoms with Crippen molar-refractivity contribution in [3.63, 3.8) is 0 Å². The molecule has 122 valence electrons. The highest BCUT2D eigenvalue weighted by atomic mass is 16.1. The van der Waals surface area contributed by atoms with Crippen molar-refractivity contribution in [2.24, 2.45) is 0 Å². The molecule has 23 heavy (non-hydrogen) atoms. The fourth-order valence-electron chi connectivity index (χ4n) is 2.36. The van der Waals surface area contributed by atoms with Crippen LogP contribution in [0.1, 0.15) is 16.7 Å². The molecule has 0 saturated carbocycles. The molecule has 0 unspecified atom stereocenters. The monoisotopic (exact) mass is 311 g/mol. The van der Waals surface area contributed by atoms with E-state index in [9.17, 15) is 4.79 Å². The molecule has 0 aliphatic rings. The molecule has 2 rings (SSSR count). The SMILES string of the molecule is Cc1ccc(NCCNCC(=O)Nc2c(C)cccc2C)cc1. The van der Waals surface area contributed by atoms with E-state index in [2.05, 4.69) is 47.1 Å². The van der Waals surface area contributed by atoms with E-state index in [0.29, 0.717) is 6.54 Å². The molecule has 2 aromatic rings. The number of carbonyl (C=O) groups excluding carboxylic acids is 1. The Morgan fingerprint density at radius 1 is 0.913 bits per heavy atom. The molecule has 0 atom stereocenters. The van der Waals surface area contributed by atoms with E-state index in [1.54, 1.807) is 0 Å². The molecule has 2 aromatic carbocycles. The number of para-hydroxylation sites is 1. The van der Waals surface area contributed by atoms with Crippen LogP contribution >= 0.6 is 0 Å². The minimum atomic E-state index is -0.0160. The van der Waals surface area contributed by atoms with Gasteiger partial charge in [0.15, 0.2) is 0 Å². The van der Waals surface area contributed by atoms with Crippen molar-refractivity contribution in [1.82, 2.24) is 5.32 Å². The second kappa shape index (κ2) is 8.34. The van der Waals surface area contributed by atoms with Crippen molar-refractivity contribution in [3.05, 3.63) is 59.2 Å². The first-order valence-corrected chi connectivity index (χ1v) is 7.93. The highest BCUT2D eigenvalue weighted by Crippen LogP contribution is 2.18. The van der Waals surface area contributed by atoms with Gasteiger partial charge < -0.3 is 16.0 Å². The lowest BCUT2D eigenvalue weighted by molar-refractivity contribution is -0.115. The van der Waals surface area contributed by atoms with Crippen LogP contribution in [0.25, 0.3) is 0 Å². The fourth-order valence-corrected chi connectivity index (χ4v) is 2.36. The predicted molar refractivity (Wildman–Crippen MR) is 97.1 cm³/mol. The lowest BCUT2D eigenvalue weighted by Gasteiger charge is -2.12. The molecule has 0 aliphatic heterocycles. The van der Waals surface area contributed by atoms with Crippen LogP contribution in [0.15, 0.2) is 42.5 Å². The summed E-state index contributed by atoms with van der Waals surface area (Å²) in [5.74, 6) is -0.0160. The van der Waals surface area contributed by atoms with Gasteiger partial charge in [0.05, 0.1) is 6.54 Å². The third-order valence-corrected chi connectivity index (χ3v) is 3.71. The minimum Gasteiger partial charge on any atom is -0.384 e. The minimum absolute atomic E-state index is 0.0160. The van der Waals surface area contributed by atoms with E-state index in [1.165, 1.54) is 5.56 Å². The number of aryl methyl sites for hydroxylation is 3. The molecule has 0 heterocycles. The zero-order valence-corrected chi connectivity index (χ0v) is 14.1. The first-order valence-electron chi connectivity index (χ1n) is 7.93. The van der Waals surface area contributed by atoms with E-state index in [-0.39, 0.29) is 5.91 Å². The summed E-state index contributed by atoms with van der Waals surface area (Å²) >= 11 is 0. The summed E-state index contributed by atoms with van der Waals surface area (Å²) in [7, 11) is 0. The van der Waals surface area contributed by atoms with Crippen LogP contribution in [-0.4, -0.2) is 25.5 Å². The van der Waals surface area contributed by atoms with Crippen molar-refractivity contribution in [2.75, 3.05) is 30.3 Å². The summed E-state index contributed by atoms with van der Waals surface area (Å²) in [6.45, 7) is 7.89. The number of anilines is 2. The zero-order valence-electron chi connectivity index (χ0n) is 14.1. The number of benzene rings is 2. The maximum Gasteiger partial charge on any atom is 0.238 e. The summed E-state index contributed by atoms with van der Waals surface area (Å²) in [4.78, 5) is 12.0. The van der Waals surface area contributed by atoms with Crippen LogP contribution in [0.5, 0.6) is 0 Å². The molecule has 0 radical (unpaired) electrons. The molecule has 0 bridgehead atoms. The number of carbonyl (C=O) groups is 1. The Bertz CT molecular complexity index is 630. The summed E-state index contributed by atoms with van der Waals surface area (Å²) < 4.78 is 0. The lowest BCUT2D eigenvalue weighted by atomic mass is 10.1. The van der Waals surface area contributed by atoms with Crippen LogP contribution in [-0.2, 0) is 4.79 Å². The van der Waals surface area contributed by atoms with Gasteiger partial charge in [0.25, 0.3) is 0 Å². The van der Waals surface area contributed by atoms with E-state index in [0.717, 1.165) is 35.6 Å². The fraction of sp³-hybridized carbons (Fsp3) is 0.316. The molecule has 0 spiro atoms. The first kappa shape index (κ1) is 17.0. The molecule has 1 amide bonds. The Kier molecular flexibility index (Phi) is 6.18. The topological polar surface area (TPSA) is 53.2 Å². The van der Waals surface area contributed by atoms with Crippen molar-refractivity contribution in [1.29, 1.82) is 0 Å². The Morgan fingerprint density at radius 3 is 2.22 bits per heavy atom. The summed E-state index contributed by atoms with van der Waals surface area (Å²) in [6.07, 6.45) is 0. The maximum atomic E-state index is 12.0. The molecule has 0 aromatic heterocycles. The Hall–Kier alpha value is -2.33. The first-order chi connectivity index (χ1) is 11.1. The van der Waals surface area contributed by atoms with Gasteiger partial charge in [-0.3, -0.25) is 4.79 Å². The lowest BCUT2D eigenvalue weighted by Crippen LogP contribution is -2.31. The number of amides is 1. The highest BCUT2D eigenvalue weighted by molar-refractivity contribution is 5.93. The van der Waals surface area contributed by atoms with Crippen molar-refractivity contribution < 1.29 is 4.79 Å². The van der Waals surface area contributed by atoms with E-state index < -0.39 is 0 Å². The molecule has 0 aliphatic carbocycles. The molecule has 4 nitrogen and oxygen atoms in total. The van der Waals surface area contributed by atoms with Gasteiger partial charge in [-0.25, -0.2) is 0 Å². The van der Waals surface area contributed by atoms with Crippen LogP contribution in [0.2, 0.25) is 0 Å². The quantitative estimate of drug-likeness (QED) is 0.688. The van der Waals surface area contributed by atoms with Gasteiger partial charge in [0, 0.05) is 24.5 Å². The number of hydrogen-bond acceptors (Lipinski definition) is 3. The third kappa shape index (κ3) is 5.42. The zero-order chi connectivity index (χ0) is 16.7. The smallest absolute Gasteiger partial charge is 0.238 e. The van der Waals surface area contributed by atoms with Crippen LogP contribution < -0.4 is 16.0 Å². The van der Waals surface area contributed by atoms with Crippen LogP contribution in [0, 0.1) is 20.8 Å². The summed E-state index contributed by atoms with van der Waals surface area (Å²) in [6, 6.07) is 14.3. The van der Waals surface area contributed by atoms with E-state index in [4.69, 9.17) is 0 Å². The van der Waals surface area contributed by atoms with Gasteiger partial charge in [-0.15, -0.1) is 0 Å². The molecular formula is C19H25N3O. The normalized spacial score (nSPS) is 10.4. The molecular weight excluding hydrogens is 286 g/mol. The van der Waals surface area contributed by atoms with Crippen LogP contribution in [0.4, 0.5) is 11.4 Å². The Balaban J connectivity index is 1.68. The summed E-state index contributed by atoms with van der Waals surface area (Å²) in [5.41, 5.74) is 5.42. The number of hydrogen-bond donors (Lipinski definition) is 3. The van der Waals surface area contributed by atoms with Gasteiger partial charge in [0.1, 0.15) is 0 Å². The third-order valence-electron chi connectivity index (χ3n) is 3.71. The Morgan fingerprint density at radius 2 is 1.57 bits per heavy atom. The Labute approximate surface area is 138 Å². The number of nitrogens with one attached hydrogen (secondary N) is 3. The van der Waals surface area contributed by atoms with Crippen LogP contribution in [0.3, 0.4) is 0 Å². The van der Waals surface area contributed by atoms with Gasteiger partial charge >= 0.3 is 0 Å². The van der Waals surface area contributed by atoms with E-state index >= 15 is 0 Å². The number of rotatable bonds is 7. The predicted octanol–water partition coefficient (Wildman–Crippen LogP) is 3.25. The van der Waals surface area contributed by atoms with Gasteiger partial charge in [-0.05, 0) is 44.0 Å². The molecule has 3 N–H and O–H groups in total. The second-order valence-corrected chi connectivity index (χ2v) is 5.78. The standard InChI is InChI=1S/C19H25N3O/c1-14-7-9-17(10-8-14)21-12-11-20-13-18(23)22-19-15(2)5-4-6-16(19)3/h4-10,20-21H,11-13H2,1-3H3,(H,22,23).